The van der Waals surface area contributed by atoms with Gasteiger partial charge in [0, 0.05) is 24.9 Å². The molecule has 4 nitrogen and oxygen atoms in total. The number of carbonyl (C=O) groups excluding carboxylic acids is 1. The number of ether oxygens (including phenoxy) is 1. The Balaban J connectivity index is 2.22. The number of amides is 1. The second kappa shape index (κ2) is 4.75. The van der Waals surface area contributed by atoms with Crippen molar-refractivity contribution >= 4 is 5.91 Å². The summed E-state index contributed by atoms with van der Waals surface area (Å²) in [5, 5.41) is 2.91. The van der Waals surface area contributed by atoms with E-state index in [9.17, 15) is 4.79 Å². The molecular formula is C10H20N2O2. The maximum Gasteiger partial charge on any atom is 0.220 e. The van der Waals surface area contributed by atoms with Gasteiger partial charge in [-0.05, 0) is 5.92 Å². The monoisotopic (exact) mass is 200 g/mol. The highest BCUT2D eigenvalue weighted by Gasteiger charge is 2.37. The molecule has 0 aromatic carbocycles. The quantitative estimate of drug-likeness (QED) is 0.662. The summed E-state index contributed by atoms with van der Waals surface area (Å²) in [4.78, 5) is 11.4. The smallest absolute Gasteiger partial charge is 0.220 e. The van der Waals surface area contributed by atoms with Crippen LogP contribution in [0.4, 0.5) is 0 Å². The zero-order valence-electron chi connectivity index (χ0n) is 9.01. The van der Waals surface area contributed by atoms with Crippen molar-refractivity contribution in [2.75, 3.05) is 26.3 Å². The predicted molar refractivity (Wildman–Crippen MR) is 54.8 cm³/mol. The summed E-state index contributed by atoms with van der Waals surface area (Å²) >= 11 is 0. The highest BCUT2D eigenvalue weighted by Crippen LogP contribution is 2.24. The molecule has 1 rings (SSSR count). The second-order valence-electron chi connectivity index (χ2n) is 4.57. The maximum absolute atomic E-state index is 11.4. The third kappa shape index (κ3) is 2.96. The van der Waals surface area contributed by atoms with Gasteiger partial charge >= 0.3 is 0 Å². The Labute approximate surface area is 85.2 Å². The lowest BCUT2D eigenvalue weighted by atomic mass is 9.86. The lowest BCUT2D eigenvalue weighted by Crippen LogP contribution is -2.55. The van der Waals surface area contributed by atoms with Gasteiger partial charge in [-0.2, -0.15) is 0 Å². The van der Waals surface area contributed by atoms with Gasteiger partial charge in [0.25, 0.3) is 0 Å². The lowest BCUT2D eigenvalue weighted by Gasteiger charge is -2.40. The molecule has 0 saturated carbocycles. The molecule has 1 aliphatic rings. The molecule has 3 N–H and O–H groups in total. The number of nitrogens with one attached hydrogen (secondary N) is 1. The fraction of sp³-hybridized carbons (Fsp3) is 0.900. The molecule has 0 bridgehead atoms. The summed E-state index contributed by atoms with van der Waals surface area (Å²) in [5.74, 6) is 0.515. The third-order valence-corrected chi connectivity index (χ3v) is 2.50. The van der Waals surface area contributed by atoms with Gasteiger partial charge in [-0.25, -0.2) is 0 Å². The van der Waals surface area contributed by atoms with E-state index in [2.05, 4.69) is 5.32 Å². The average molecular weight is 200 g/mol. The summed E-state index contributed by atoms with van der Waals surface area (Å²) in [5.41, 5.74) is 5.63. The van der Waals surface area contributed by atoms with E-state index in [-0.39, 0.29) is 11.3 Å². The van der Waals surface area contributed by atoms with Crippen LogP contribution in [0.25, 0.3) is 0 Å². The minimum Gasteiger partial charge on any atom is -0.380 e. The molecule has 1 fully saturated rings. The first-order valence-corrected chi connectivity index (χ1v) is 5.12. The van der Waals surface area contributed by atoms with Crippen LogP contribution in [0.3, 0.4) is 0 Å². The zero-order chi connectivity index (χ0) is 10.6. The average Bonchev–Trinajstić information content (AvgIpc) is 2.01. The van der Waals surface area contributed by atoms with Crippen molar-refractivity contribution in [3.8, 4) is 0 Å². The topological polar surface area (TPSA) is 64.4 Å². The summed E-state index contributed by atoms with van der Waals surface area (Å²) < 4.78 is 5.11. The van der Waals surface area contributed by atoms with Crippen molar-refractivity contribution in [1.82, 2.24) is 5.32 Å². The molecule has 0 atom stereocenters. The number of carbonyl (C=O) groups is 1. The summed E-state index contributed by atoms with van der Waals surface area (Å²) in [6, 6.07) is 0. The Morgan fingerprint density at radius 2 is 2.21 bits per heavy atom. The molecule has 0 radical (unpaired) electrons. The molecule has 0 aliphatic carbocycles. The van der Waals surface area contributed by atoms with Gasteiger partial charge in [-0.1, -0.05) is 13.8 Å². The van der Waals surface area contributed by atoms with E-state index in [0.717, 1.165) is 0 Å². The van der Waals surface area contributed by atoms with E-state index in [0.29, 0.717) is 38.6 Å². The molecule has 0 unspecified atom stereocenters. The maximum atomic E-state index is 11.4. The first kappa shape index (κ1) is 11.5. The Morgan fingerprint density at radius 1 is 1.57 bits per heavy atom. The van der Waals surface area contributed by atoms with Crippen molar-refractivity contribution in [2.45, 2.75) is 20.3 Å². The molecule has 1 heterocycles. The van der Waals surface area contributed by atoms with E-state index in [1.807, 2.05) is 13.8 Å². The van der Waals surface area contributed by atoms with Crippen molar-refractivity contribution in [3.63, 3.8) is 0 Å². The fourth-order valence-electron chi connectivity index (χ4n) is 1.41. The largest absolute Gasteiger partial charge is 0.380 e. The zero-order valence-corrected chi connectivity index (χ0v) is 9.01. The summed E-state index contributed by atoms with van der Waals surface area (Å²) in [6.45, 7) is 6.64. The van der Waals surface area contributed by atoms with Crippen LogP contribution in [0, 0.1) is 11.3 Å². The first-order chi connectivity index (χ1) is 6.58. The highest BCUT2D eigenvalue weighted by molar-refractivity contribution is 5.76. The lowest BCUT2D eigenvalue weighted by molar-refractivity contribution is -0.128. The van der Waals surface area contributed by atoms with E-state index >= 15 is 0 Å². The van der Waals surface area contributed by atoms with E-state index in [1.54, 1.807) is 0 Å². The Kier molecular flexibility index (Phi) is 3.89. The number of hydrogen-bond acceptors (Lipinski definition) is 3. The number of nitrogens with two attached hydrogens (primary N) is 1. The van der Waals surface area contributed by atoms with Crippen molar-refractivity contribution in [2.24, 2.45) is 17.1 Å². The number of hydrogen-bond donors (Lipinski definition) is 2. The summed E-state index contributed by atoms with van der Waals surface area (Å²) in [6.07, 6.45) is 0.585. The highest BCUT2D eigenvalue weighted by atomic mass is 16.5. The molecule has 0 spiro atoms. The van der Waals surface area contributed by atoms with Gasteiger partial charge in [0.1, 0.15) is 0 Å². The van der Waals surface area contributed by atoms with Crippen LogP contribution in [0.15, 0.2) is 0 Å². The van der Waals surface area contributed by atoms with Crippen molar-refractivity contribution < 1.29 is 9.53 Å². The van der Waals surface area contributed by atoms with Gasteiger partial charge in [-0.15, -0.1) is 0 Å². The van der Waals surface area contributed by atoms with Gasteiger partial charge < -0.3 is 15.8 Å². The second-order valence-corrected chi connectivity index (χ2v) is 4.57. The van der Waals surface area contributed by atoms with Crippen LogP contribution in [0.2, 0.25) is 0 Å². The Hall–Kier alpha value is -0.610. The summed E-state index contributed by atoms with van der Waals surface area (Å²) in [7, 11) is 0. The molecule has 0 aromatic rings. The predicted octanol–water partition coefficient (Wildman–Crippen LogP) is 0.124. The van der Waals surface area contributed by atoms with E-state index < -0.39 is 0 Å². The SMILES string of the molecule is CC(C)CC(=O)NCC1(CN)COC1. The van der Waals surface area contributed by atoms with Crippen LogP contribution in [-0.4, -0.2) is 32.2 Å². The minimum absolute atomic E-state index is 0.00659. The molecule has 82 valence electrons. The first-order valence-electron chi connectivity index (χ1n) is 5.12. The molecular weight excluding hydrogens is 180 g/mol. The van der Waals surface area contributed by atoms with Crippen LogP contribution in [0.1, 0.15) is 20.3 Å². The molecule has 1 aliphatic heterocycles. The van der Waals surface area contributed by atoms with E-state index in [4.69, 9.17) is 10.5 Å². The molecule has 1 amide bonds. The molecule has 14 heavy (non-hydrogen) atoms. The van der Waals surface area contributed by atoms with Gasteiger partial charge in [0.2, 0.25) is 5.91 Å². The van der Waals surface area contributed by atoms with Crippen molar-refractivity contribution in [1.29, 1.82) is 0 Å². The van der Waals surface area contributed by atoms with Gasteiger partial charge in [0.15, 0.2) is 0 Å². The molecule has 1 saturated heterocycles. The third-order valence-electron chi connectivity index (χ3n) is 2.50. The van der Waals surface area contributed by atoms with E-state index in [1.165, 1.54) is 0 Å². The van der Waals surface area contributed by atoms with Crippen molar-refractivity contribution in [3.05, 3.63) is 0 Å². The van der Waals surface area contributed by atoms with Gasteiger partial charge in [0.05, 0.1) is 13.2 Å². The van der Waals surface area contributed by atoms with Crippen LogP contribution in [0.5, 0.6) is 0 Å². The normalized spacial score (nSPS) is 19.1. The minimum atomic E-state index is 0.00659. The van der Waals surface area contributed by atoms with Crippen LogP contribution in [-0.2, 0) is 9.53 Å². The molecule has 0 aromatic heterocycles. The van der Waals surface area contributed by atoms with Crippen LogP contribution < -0.4 is 11.1 Å². The molecule has 4 heteroatoms. The number of rotatable bonds is 5. The Morgan fingerprint density at radius 3 is 2.57 bits per heavy atom. The standard InChI is InChI=1S/C10H20N2O2/c1-8(2)3-9(13)12-5-10(4-11)6-14-7-10/h8H,3-7,11H2,1-2H3,(H,12,13). The fourth-order valence-corrected chi connectivity index (χ4v) is 1.41. The van der Waals surface area contributed by atoms with Gasteiger partial charge in [-0.3, -0.25) is 4.79 Å². The van der Waals surface area contributed by atoms with Crippen LogP contribution >= 0.6 is 0 Å². The Bertz CT molecular complexity index is 195.